The van der Waals surface area contributed by atoms with Crippen molar-refractivity contribution in [2.24, 2.45) is 5.92 Å². The van der Waals surface area contributed by atoms with Crippen LogP contribution in [0, 0.1) is 12.8 Å². The van der Waals surface area contributed by atoms with Gasteiger partial charge in [0.25, 0.3) is 5.91 Å². The van der Waals surface area contributed by atoms with Gasteiger partial charge in [0, 0.05) is 6.54 Å². The summed E-state index contributed by atoms with van der Waals surface area (Å²) in [6.07, 6.45) is 0. The average molecular weight is 359 g/mol. The fourth-order valence-corrected chi connectivity index (χ4v) is 2.72. The number of aryl methyl sites for hydroxylation is 1. The van der Waals surface area contributed by atoms with E-state index in [2.05, 4.69) is 10.6 Å². The van der Waals surface area contributed by atoms with Crippen molar-refractivity contribution in [3.05, 3.63) is 70.2 Å². The van der Waals surface area contributed by atoms with Crippen molar-refractivity contribution < 1.29 is 9.59 Å². The molecule has 2 aromatic carbocycles. The van der Waals surface area contributed by atoms with Gasteiger partial charge >= 0.3 is 0 Å². The summed E-state index contributed by atoms with van der Waals surface area (Å²) in [6.45, 7) is 6.22. The number of rotatable bonds is 6. The molecule has 2 amide bonds. The Morgan fingerprint density at radius 1 is 1.04 bits per heavy atom. The molecule has 0 fully saturated rings. The van der Waals surface area contributed by atoms with Crippen molar-refractivity contribution >= 4 is 23.4 Å². The number of hydrogen-bond donors (Lipinski definition) is 2. The lowest BCUT2D eigenvalue weighted by Crippen LogP contribution is -2.49. The molecule has 1 atom stereocenters. The maximum absolute atomic E-state index is 12.6. The minimum absolute atomic E-state index is 0.0525. The zero-order valence-corrected chi connectivity index (χ0v) is 15.4. The summed E-state index contributed by atoms with van der Waals surface area (Å²) in [5, 5.41) is 6.06. The number of carbonyl (C=O) groups excluding carboxylic acids is 2. The molecule has 5 heteroatoms. The molecule has 0 bridgehead atoms. The van der Waals surface area contributed by atoms with E-state index in [1.165, 1.54) is 0 Å². The van der Waals surface area contributed by atoms with Crippen LogP contribution in [-0.2, 0) is 11.3 Å². The van der Waals surface area contributed by atoms with Crippen LogP contribution in [0.4, 0.5) is 0 Å². The fourth-order valence-electron chi connectivity index (χ4n) is 2.50. The summed E-state index contributed by atoms with van der Waals surface area (Å²) in [6, 6.07) is 14.0. The van der Waals surface area contributed by atoms with Crippen molar-refractivity contribution in [3.8, 4) is 0 Å². The first-order valence-corrected chi connectivity index (χ1v) is 8.65. The maximum Gasteiger partial charge on any atom is 0.253 e. The fraction of sp³-hybridized carbons (Fsp3) is 0.300. The lowest BCUT2D eigenvalue weighted by molar-refractivity contribution is -0.124. The van der Waals surface area contributed by atoms with E-state index < -0.39 is 6.04 Å². The standard InChI is InChI=1S/C20H23ClN2O2/c1-13(2)18(23-19(24)16-10-6-7-11-17(16)21)20(25)22-12-15-9-5-4-8-14(15)3/h4-11,13,18H,12H2,1-3H3,(H,22,25)(H,23,24). The SMILES string of the molecule is Cc1ccccc1CNC(=O)C(NC(=O)c1ccccc1Cl)C(C)C. The predicted octanol–water partition coefficient (Wildman–Crippen LogP) is 3.72. The van der Waals surface area contributed by atoms with Crippen LogP contribution >= 0.6 is 11.6 Å². The van der Waals surface area contributed by atoms with Crippen LogP contribution in [0.1, 0.15) is 35.3 Å². The third kappa shape index (κ3) is 5.07. The second-order valence-electron chi connectivity index (χ2n) is 6.32. The third-order valence-electron chi connectivity index (χ3n) is 4.07. The Morgan fingerprint density at radius 3 is 2.32 bits per heavy atom. The Morgan fingerprint density at radius 2 is 1.68 bits per heavy atom. The van der Waals surface area contributed by atoms with E-state index >= 15 is 0 Å². The van der Waals surface area contributed by atoms with Gasteiger partial charge in [0.15, 0.2) is 0 Å². The lowest BCUT2D eigenvalue weighted by atomic mass is 10.0. The zero-order chi connectivity index (χ0) is 18.4. The molecule has 0 aliphatic carbocycles. The maximum atomic E-state index is 12.6. The molecule has 0 saturated heterocycles. The van der Waals surface area contributed by atoms with Gasteiger partial charge < -0.3 is 10.6 Å². The van der Waals surface area contributed by atoms with Gasteiger partial charge in [0.1, 0.15) is 6.04 Å². The summed E-state index contributed by atoms with van der Waals surface area (Å²) >= 11 is 6.06. The van der Waals surface area contributed by atoms with Crippen LogP contribution in [0.15, 0.2) is 48.5 Å². The Kier molecular flexibility index (Phi) is 6.59. The summed E-state index contributed by atoms with van der Waals surface area (Å²) < 4.78 is 0. The van der Waals surface area contributed by atoms with Gasteiger partial charge in [-0.3, -0.25) is 9.59 Å². The van der Waals surface area contributed by atoms with Gasteiger partial charge in [-0.1, -0.05) is 61.8 Å². The first kappa shape index (κ1) is 19.0. The monoisotopic (exact) mass is 358 g/mol. The van der Waals surface area contributed by atoms with Crippen molar-refractivity contribution in [1.29, 1.82) is 0 Å². The minimum Gasteiger partial charge on any atom is -0.350 e. The molecule has 0 aliphatic heterocycles. The van der Waals surface area contributed by atoms with Gasteiger partial charge in [0.2, 0.25) is 5.91 Å². The largest absolute Gasteiger partial charge is 0.350 e. The number of hydrogen-bond acceptors (Lipinski definition) is 2. The van der Waals surface area contributed by atoms with E-state index in [9.17, 15) is 9.59 Å². The highest BCUT2D eigenvalue weighted by Crippen LogP contribution is 2.15. The Balaban J connectivity index is 2.04. The molecule has 0 aliphatic rings. The summed E-state index contributed by atoms with van der Waals surface area (Å²) in [4.78, 5) is 25.0. The molecule has 0 aromatic heterocycles. The minimum atomic E-state index is -0.632. The number of halogens is 1. The molecule has 0 heterocycles. The molecule has 25 heavy (non-hydrogen) atoms. The molecule has 2 aromatic rings. The first-order chi connectivity index (χ1) is 11.9. The molecule has 0 radical (unpaired) electrons. The van der Waals surface area contributed by atoms with E-state index in [-0.39, 0.29) is 17.7 Å². The Bertz CT molecular complexity index is 759. The summed E-state index contributed by atoms with van der Waals surface area (Å²) in [7, 11) is 0. The topological polar surface area (TPSA) is 58.2 Å². The molecule has 4 nitrogen and oxygen atoms in total. The highest BCUT2D eigenvalue weighted by atomic mass is 35.5. The van der Waals surface area contributed by atoms with Crippen molar-refractivity contribution in [3.63, 3.8) is 0 Å². The highest BCUT2D eigenvalue weighted by molar-refractivity contribution is 6.33. The molecule has 2 N–H and O–H groups in total. The number of benzene rings is 2. The second-order valence-corrected chi connectivity index (χ2v) is 6.73. The third-order valence-corrected chi connectivity index (χ3v) is 4.40. The van der Waals surface area contributed by atoms with Crippen LogP contribution in [0.2, 0.25) is 5.02 Å². The lowest BCUT2D eigenvalue weighted by Gasteiger charge is -2.22. The molecule has 132 valence electrons. The summed E-state index contributed by atoms with van der Waals surface area (Å²) in [5.74, 6) is -0.614. The van der Waals surface area contributed by atoms with Crippen molar-refractivity contribution in [1.82, 2.24) is 10.6 Å². The average Bonchev–Trinajstić information content (AvgIpc) is 2.58. The van der Waals surface area contributed by atoms with Crippen LogP contribution < -0.4 is 10.6 Å². The van der Waals surface area contributed by atoms with Crippen LogP contribution in [0.25, 0.3) is 0 Å². The van der Waals surface area contributed by atoms with Crippen molar-refractivity contribution in [2.45, 2.75) is 33.4 Å². The molecule has 1 unspecified atom stereocenters. The summed E-state index contributed by atoms with van der Waals surface area (Å²) in [5.41, 5.74) is 2.53. The van der Waals surface area contributed by atoms with Gasteiger partial charge in [-0.2, -0.15) is 0 Å². The van der Waals surface area contributed by atoms with E-state index in [0.717, 1.165) is 11.1 Å². The van der Waals surface area contributed by atoms with E-state index in [0.29, 0.717) is 17.1 Å². The van der Waals surface area contributed by atoms with Gasteiger partial charge in [-0.05, 0) is 36.1 Å². The Hall–Kier alpha value is -2.33. The first-order valence-electron chi connectivity index (χ1n) is 8.27. The number of amides is 2. The quantitative estimate of drug-likeness (QED) is 0.826. The van der Waals surface area contributed by atoms with Crippen LogP contribution in [0.5, 0.6) is 0 Å². The number of carbonyl (C=O) groups is 2. The van der Waals surface area contributed by atoms with Gasteiger partial charge in [-0.15, -0.1) is 0 Å². The molecule has 0 saturated carbocycles. The van der Waals surface area contributed by atoms with Crippen LogP contribution in [-0.4, -0.2) is 17.9 Å². The molecular weight excluding hydrogens is 336 g/mol. The smallest absolute Gasteiger partial charge is 0.253 e. The van der Waals surface area contributed by atoms with E-state index in [1.54, 1.807) is 24.3 Å². The Labute approximate surface area is 153 Å². The van der Waals surface area contributed by atoms with Gasteiger partial charge in [0.05, 0.1) is 10.6 Å². The van der Waals surface area contributed by atoms with E-state index in [1.807, 2.05) is 45.0 Å². The molecule has 2 rings (SSSR count). The predicted molar refractivity (Wildman–Crippen MR) is 101 cm³/mol. The highest BCUT2D eigenvalue weighted by Gasteiger charge is 2.25. The van der Waals surface area contributed by atoms with Gasteiger partial charge in [-0.25, -0.2) is 0 Å². The normalized spacial score (nSPS) is 11.9. The number of nitrogens with one attached hydrogen (secondary N) is 2. The second kappa shape index (κ2) is 8.67. The molecular formula is C20H23ClN2O2. The van der Waals surface area contributed by atoms with Crippen molar-refractivity contribution in [2.75, 3.05) is 0 Å². The molecule has 0 spiro atoms. The van der Waals surface area contributed by atoms with Crippen LogP contribution in [0.3, 0.4) is 0 Å². The van der Waals surface area contributed by atoms with E-state index in [4.69, 9.17) is 11.6 Å². The zero-order valence-electron chi connectivity index (χ0n) is 14.7.